The van der Waals surface area contributed by atoms with E-state index in [0.29, 0.717) is 17.7 Å². The molecule has 2 atom stereocenters. The molecule has 0 amide bonds. The molecular formula is C13H18FNO. The van der Waals surface area contributed by atoms with Crippen LogP contribution in [0.15, 0.2) is 18.2 Å². The molecule has 2 unspecified atom stereocenters. The summed E-state index contributed by atoms with van der Waals surface area (Å²) in [4.78, 5) is 0. The number of ether oxygens (including phenoxy) is 1. The second kappa shape index (κ2) is 4.83. The van der Waals surface area contributed by atoms with Crippen molar-refractivity contribution >= 4 is 0 Å². The standard InChI is InChI=1S/C13H18FNO/c1-3-9-6-7-15-13(9)10-4-5-12(16-2)11(14)8-10/h4-5,8-9,13,15H,3,6-7H2,1-2H3. The minimum Gasteiger partial charge on any atom is -0.494 e. The van der Waals surface area contributed by atoms with Crippen molar-refractivity contribution in [3.8, 4) is 5.75 Å². The van der Waals surface area contributed by atoms with E-state index in [4.69, 9.17) is 4.74 Å². The summed E-state index contributed by atoms with van der Waals surface area (Å²) < 4.78 is 18.5. The van der Waals surface area contributed by atoms with Gasteiger partial charge in [0, 0.05) is 6.04 Å². The molecule has 1 saturated heterocycles. The minimum atomic E-state index is -0.274. The summed E-state index contributed by atoms with van der Waals surface area (Å²) in [5.41, 5.74) is 1.03. The van der Waals surface area contributed by atoms with Crippen molar-refractivity contribution in [2.24, 2.45) is 5.92 Å². The fraction of sp³-hybridized carbons (Fsp3) is 0.538. The summed E-state index contributed by atoms with van der Waals surface area (Å²) in [5, 5.41) is 3.43. The number of rotatable bonds is 3. The molecule has 0 aliphatic carbocycles. The lowest BCUT2D eigenvalue weighted by molar-refractivity contribution is 0.384. The smallest absolute Gasteiger partial charge is 0.165 e. The van der Waals surface area contributed by atoms with Gasteiger partial charge in [0.15, 0.2) is 11.6 Å². The Hall–Kier alpha value is -1.09. The summed E-state index contributed by atoms with van der Waals surface area (Å²) in [6, 6.07) is 5.54. The third-order valence-electron chi connectivity index (χ3n) is 3.41. The van der Waals surface area contributed by atoms with Crippen LogP contribution in [-0.2, 0) is 0 Å². The molecule has 0 aromatic heterocycles. The van der Waals surface area contributed by atoms with Gasteiger partial charge >= 0.3 is 0 Å². The van der Waals surface area contributed by atoms with Gasteiger partial charge in [0.2, 0.25) is 0 Å². The van der Waals surface area contributed by atoms with Gasteiger partial charge < -0.3 is 10.1 Å². The van der Waals surface area contributed by atoms with Crippen LogP contribution < -0.4 is 10.1 Å². The Kier molecular flexibility index (Phi) is 3.44. The van der Waals surface area contributed by atoms with E-state index in [2.05, 4.69) is 12.2 Å². The van der Waals surface area contributed by atoms with Crippen LogP contribution in [0.5, 0.6) is 5.75 Å². The minimum absolute atomic E-state index is 0.274. The van der Waals surface area contributed by atoms with Crippen LogP contribution in [-0.4, -0.2) is 13.7 Å². The third-order valence-corrected chi connectivity index (χ3v) is 3.41. The first kappa shape index (κ1) is 11.4. The number of methoxy groups -OCH3 is 1. The van der Waals surface area contributed by atoms with Crippen LogP contribution in [0.3, 0.4) is 0 Å². The van der Waals surface area contributed by atoms with Crippen molar-refractivity contribution in [2.45, 2.75) is 25.8 Å². The van der Waals surface area contributed by atoms with Crippen molar-refractivity contribution in [3.05, 3.63) is 29.6 Å². The van der Waals surface area contributed by atoms with E-state index >= 15 is 0 Å². The molecule has 1 N–H and O–H groups in total. The van der Waals surface area contributed by atoms with Crippen molar-refractivity contribution in [1.29, 1.82) is 0 Å². The second-order valence-corrected chi connectivity index (χ2v) is 4.28. The predicted molar refractivity (Wildman–Crippen MR) is 62.1 cm³/mol. The Morgan fingerprint density at radius 3 is 2.94 bits per heavy atom. The maximum atomic E-state index is 13.6. The zero-order chi connectivity index (χ0) is 11.5. The van der Waals surface area contributed by atoms with Crippen LogP contribution in [0, 0.1) is 11.7 Å². The molecule has 16 heavy (non-hydrogen) atoms. The van der Waals surface area contributed by atoms with E-state index in [-0.39, 0.29) is 5.82 Å². The first-order chi connectivity index (χ1) is 7.76. The van der Waals surface area contributed by atoms with Gasteiger partial charge in [-0.15, -0.1) is 0 Å². The maximum absolute atomic E-state index is 13.6. The zero-order valence-corrected chi connectivity index (χ0v) is 9.79. The van der Waals surface area contributed by atoms with Gasteiger partial charge in [-0.25, -0.2) is 4.39 Å². The van der Waals surface area contributed by atoms with Gasteiger partial charge in [-0.3, -0.25) is 0 Å². The van der Waals surface area contributed by atoms with Crippen LogP contribution >= 0.6 is 0 Å². The molecule has 0 saturated carbocycles. The largest absolute Gasteiger partial charge is 0.494 e. The summed E-state index contributed by atoms with van der Waals surface area (Å²) in [5.74, 6) is 0.658. The van der Waals surface area contributed by atoms with Gasteiger partial charge in [0.25, 0.3) is 0 Å². The van der Waals surface area contributed by atoms with E-state index in [0.717, 1.165) is 18.5 Å². The van der Waals surface area contributed by atoms with E-state index in [1.165, 1.54) is 13.5 Å². The Balaban J connectivity index is 2.23. The van der Waals surface area contributed by atoms with Crippen molar-refractivity contribution in [2.75, 3.05) is 13.7 Å². The molecule has 1 aliphatic rings. The molecule has 3 heteroatoms. The quantitative estimate of drug-likeness (QED) is 0.850. The summed E-state index contributed by atoms with van der Waals surface area (Å²) >= 11 is 0. The molecule has 2 rings (SSSR count). The number of hydrogen-bond donors (Lipinski definition) is 1. The highest BCUT2D eigenvalue weighted by Crippen LogP contribution is 2.33. The first-order valence-electron chi connectivity index (χ1n) is 5.83. The van der Waals surface area contributed by atoms with Crippen molar-refractivity contribution < 1.29 is 9.13 Å². The van der Waals surface area contributed by atoms with E-state index in [1.807, 2.05) is 6.07 Å². The second-order valence-electron chi connectivity index (χ2n) is 4.28. The monoisotopic (exact) mass is 223 g/mol. The highest BCUT2D eigenvalue weighted by atomic mass is 19.1. The summed E-state index contributed by atoms with van der Waals surface area (Å²) in [6.07, 6.45) is 2.31. The third kappa shape index (κ3) is 2.05. The van der Waals surface area contributed by atoms with Gasteiger partial charge in [-0.2, -0.15) is 0 Å². The lowest BCUT2D eigenvalue weighted by Gasteiger charge is -2.19. The molecule has 2 nitrogen and oxygen atoms in total. The zero-order valence-electron chi connectivity index (χ0n) is 9.79. The molecule has 0 bridgehead atoms. The maximum Gasteiger partial charge on any atom is 0.165 e. The molecule has 1 aromatic rings. The van der Waals surface area contributed by atoms with E-state index in [1.54, 1.807) is 12.1 Å². The number of hydrogen-bond acceptors (Lipinski definition) is 2. The van der Waals surface area contributed by atoms with Crippen LogP contribution in [0.25, 0.3) is 0 Å². The highest BCUT2D eigenvalue weighted by molar-refractivity contribution is 5.31. The average molecular weight is 223 g/mol. The first-order valence-corrected chi connectivity index (χ1v) is 5.83. The number of halogens is 1. The SMILES string of the molecule is CCC1CCNC1c1ccc(OC)c(F)c1. The number of nitrogens with one attached hydrogen (secondary N) is 1. The number of benzene rings is 1. The average Bonchev–Trinajstić information content (AvgIpc) is 2.77. The lowest BCUT2D eigenvalue weighted by Crippen LogP contribution is -2.17. The van der Waals surface area contributed by atoms with Gasteiger partial charge in [0.05, 0.1) is 7.11 Å². The molecule has 1 aromatic carbocycles. The Bertz CT molecular complexity index is 367. The van der Waals surface area contributed by atoms with Gasteiger partial charge in [-0.1, -0.05) is 19.4 Å². The van der Waals surface area contributed by atoms with Gasteiger partial charge in [-0.05, 0) is 36.6 Å². The van der Waals surface area contributed by atoms with Gasteiger partial charge in [0.1, 0.15) is 0 Å². The molecule has 1 aliphatic heterocycles. The fourth-order valence-corrected chi connectivity index (χ4v) is 2.46. The van der Waals surface area contributed by atoms with E-state index < -0.39 is 0 Å². The molecule has 0 radical (unpaired) electrons. The topological polar surface area (TPSA) is 21.3 Å². The Morgan fingerprint density at radius 1 is 1.50 bits per heavy atom. The fourth-order valence-electron chi connectivity index (χ4n) is 2.46. The van der Waals surface area contributed by atoms with Crippen LogP contribution in [0.4, 0.5) is 4.39 Å². The summed E-state index contributed by atoms with van der Waals surface area (Å²) in [6.45, 7) is 3.21. The Labute approximate surface area is 95.8 Å². The van der Waals surface area contributed by atoms with Crippen LogP contribution in [0.2, 0.25) is 0 Å². The summed E-state index contributed by atoms with van der Waals surface area (Å²) in [7, 11) is 1.49. The Morgan fingerprint density at radius 2 is 2.31 bits per heavy atom. The molecule has 1 heterocycles. The molecule has 88 valence electrons. The van der Waals surface area contributed by atoms with Crippen LogP contribution in [0.1, 0.15) is 31.4 Å². The normalized spacial score (nSPS) is 24.7. The molecule has 0 spiro atoms. The van der Waals surface area contributed by atoms with Crippen molar-refractivity contribution in [1.82, 2.24) is 5.32 Å². The van der Waals surface area contributed by atoms with Crippen molar-refractivity contribution in [3.63, 3.8) is 0 Å². The molecular weight excluding hydrogens is 205 g/mol. The highest BCUT2D eigenvalue weighted by Gasteiger charge is 2.27. The predicted octanol–water partition coefficient (Wildman–Crippen LogP) is 2.89. The van der Waals surface area contributed by atoms with E-state index in [9.17, 15) is 4.39 Å². The molecule has 1 fully saturated rings. The lowest BCUT2D eigenvalue weighted by atomic mass is 9.92.